The van der Waals surface area contributed by atoms with Gasteiger partial charge in [-0.05, 0) is 29.7 Å². The predicted octanol–water partition coefficient (Wildman–Crippen LogP) is 2.57. The Morgan fingerprint density at radius 3 is 2.43 bits per heavy atom. The van der Waals surface area contributed by atoms with Crippen LogP contribution in [0.2, 0.25) is 0 Å². The molecule has 0 saturated heterocycles. The van der Waals surface area contributed by atoms with Gasteiger partial charge in [-0.15, -0.1) is 0 Å². The van der Waals surface area contributed by atoms with Gasteiger partial charge in [0.2, 0.25) is 5.91 Å². The first-order valence-electron chi connectivity index (χ1n) is 6.97. The van der Waals surface area contributed by atoms with Crippen LogP contribution in [-0.4, -0.2) is 12.5 Å². The van der Waals surface area contributed by atoms with E-state index in [1.54, 1.807) is 12.1 Å². The highest BCUT2D eigenvalue weighted by molar-refractivity contribution is 5.78. The van der Waals surface area contributed by atoms with Crippen molar-refractivity contribution in [1.29, 1.82) is 0 Å². The summed E-state index contributed by atoms with van der Waals surface area (Å²) in [5.41, 5.74) is 7.91. The molecule has 21 heavy (non-hydrogen) atoms. The number of carbonyl (C=O) groups excluding carboxylic acids is 1. The third kappa shape index (κ3) is 5.00. The number of carbonyl (C=O) groups is 1. The summed E-state index contributed by atoms with van der Waals surface area (Å²) in [6, 6.07) is 15.6. The van der Waals surface area contributed by atoms with Crippen LogP contribution in [0, 0.1) is 5.82 Å². The van der Waals surface area contributed by atoms with Crippen LogP contribution in [0.1, 0.15) is 23.6 Å². The van der Waals surface area contributed by atoms with Crippen molar-refractivity contribution in [2.45, 2.75) is 18.9 Å². The van der Waals surface area contributed by atoms with E-state index in [1.807, 2.05) is 30.3 Å². The van der Waals surface area contributed by atoms with Crippen molar-refractivity contribution in [2.24, 2.45) is 5.73 Å². The molecule has 0 bridgehead atoms. The minimum atomic E-state index is -0.298. The largest absolute Gasteiger partial charge is 0.356 e. The molecule has 0 aliphatic carbocycles. The Bertz CT molecular complexity index is 569. The van der Waals surface area contributed by atoms with Crippen molar-refractivity contribution in [1.82, 2.24) is 5.32 Å². The van der Waals surface area contributed by atoms with Crippen molar-refractivity contribution < 1.29 is 9.18 Å². The number of nitrogens with two attached hydrogens (primary N) is 1. The Labute approximate surface area is 124 Å². The number of hydrogen-bond donors (Lipinski definition) is 2. The van der Waals surface area contributed by atoms with E-state index >= 15 is 0 Å². The molecule has 2 aromatic carbocycles. The molecule has 4 heteroatoms. The average Bonchev–Trinajstić information content (AvgIpc) is 2.50. The maximum absolute atomic E-state index is 12.8. The molecule has 0 spiro atoms. The lowest BCUT2D eigenvalue weighted by Gasteiger charge is -2.12. The molecule has 0 aliphatic heterocycles. The van der Waals surface area contributed by atoms with Crippen LogP contribution >= 0.6 is 0 Å². The first-order valence-corrected chi connectivity index (χ1v) is 6.97. The van der Waals surface area contributed by atoms with Gasteiger partial charge in [0.05, 0.1) is 6.42 Å². The van der Waals surface area contributed by atoms with Crippen molar-refractivity contribution >= 4 is 5.91 Å². The second-order valence-corrected chi connectivity index (χ2v) is 4.96. The molecule has 1 amide bonds. The standard InChI is InChI=1S/C17H19FN2O/c18-15-8-6-13(7-9-15)12-17(21)20-11-10-16(19)14-4-2-1-3-5-14/h1-9,16H,10-12,19H2,(H,20,21). The fourth-order valence-corrected chi connectivity index (χ4v) is 2.08. The molecular weight excluding hydrogens is 267 g/mol. The molecule has 2 aromatic rings. The zero-order chi connectivity index (χ0) is 15.1. The van der Waals surface area contributed by atoms with Crippen molar-refractivity contribution in [3.8, 4) is 0 Å². The van der Waals surface area contributed by atoms with Gasteiger partial charge in [0, 0.05) is 12.6 Å². The molecule has 1 unspecified atom stereocenters. The number of benzene rings is 2. The van der Waals surface area contributed by atoms with Gasteiger partial charge in [-0.1, -0.05) is 42.5 Å². The minimum absolute atomic E-state index is 0.0816. The van der Waals surface area contributed by atoms with E-state index in [9.17, 15) is 9.18 Å². The van der Waals surface area contributed by atoms with Crippen LogP contribution in [0.15, 0.2) is 54.6 Å². The third-order valence-electron chi connectivity index (χ3n) is 3.28. The van der Waals surface area contributed by atoms with Gasteiger partial charge in [-0.2, -0.15) is 0 Å². The number of nitrogens with one attached hydrogen (secondary N) is 1. The quantitative estimate of drug-likeness (QED) is 0.857. The molecule has 0 aromatic heterocycles. The second-order valence-electron chi connectivity index (χ2n) is 4.96. The van der Waals surface area contributed by atoms with E-state index < -0.39 is 0 Å². The summed E-state index contributed by atoms with van der Waals surface area (Å²) in [5.74, 6) is -0.380. The summed E-state index contributed by atoms with van der Waals surface area (Å²) >= 11 is 0. The summed E-state index contributed by atoms with van der Waals surface area (Å²) in [7, 11) is 0. The number of hydrogen-bond acceptors (Lipinski definition) is 2. The molecule has 1 atom stereocenters. The smallest absolute Gasteiger partial charge is 0.224 e. The third-order valence-corrected chi connectivity index (χ3v) is 3.28. The molecule has 0 fully saturated rings. The summed E-state index contributed by atoms with van der Waals surface area (Å²) in [4.78, 5) is 11.8. The normalized spacial score (nSPS) is 11.9. The van der Waals surface area contributed by atoms with Gasteiger partial charge < -0.3 is 11.1 Å². The zero-order valence-corrected chi connectivity index (χ0v) is 11.8. The Hall–Kier alpha value is -2.20. The summed E-state index contributed by atoms with van der Waals surface area (Å²) in [6.45, 7) is 0.524. The van der Waals surface area contributed by atoms with Crippen molar-refractivity contribution in [3.05, 3.63) is 71.5 Å². The fourth-order valence-electron chi connectivity index (χ4n) is 2.08. The van der Waals surface area contributed by atoms with Crippen LogP contribution in [0.5, 0.6) is 0 Å². The van der Waals surface area contributed by atoms with Gasteiger partial charge >= 0.3 is 0 Å². The Balaban J connectivity index is 1.73. The van der Waals surface area contributed by atoms with Gasteiger partial charge in [0.25, 0.3) is 0 Å². The average molecular weight is 286 g/mol. The maximum atomic E-state index is 12.8. The molecule has 3 nitrogen and oxygen atoms in total. The lowest BCUT2D eigenvalue weighted by atomic mass is 10.0. The molecule has 0 heterocycles. The van der Waals surface area contributed by atoms with Gasteiger partial charge in [0.15, 0.2) is 0 Å². The molecule has 110 valence electrons. The van der Waals surface area contributed by atoms with E-state index in [0.29, 0.717) is 13.0 Å². The van der Waals surface area contributed by atoms with E-state index in [-0.39, 0.29) is 24.2 Å². The monoisotopic (exact) mass is 286 g/mol. The summed E-state index contributed by atoms with van der Waals surface area (Å²) in [5, 5.41) is 2.83. The number of halogens is 1. The summed E-state index contributed by atoms with van der Waals surface area (Å²) in [6.07, 6.45) is 0.931. The highest BCUT2D eigenvalue weighted by Crippen LogP contribution is 2.12. The molecule has 2 rings (SSSR count). The van der Waals surface area contributed by atoms with E-state index in [2.05, 4.69) is 5.32 Å². The maximum Gasteiger partial charge on any atom is 0.224 e. The van der Waals surface area contributed by atoms with Gasteiger partial charge in [0.1, 0.15) is 5.82 Å². The molecule has 0 saturated carbocycles. The van der Waals surface area contributed by atoms with E-state index in [1.165, 1.54) is 12.1 Å². The molecule has 0 aliphatic rings. The molecular formula is C17H19FN2O. The lowest BCUT2D eigenvalue weighted by molar-refractivity contribution is -0.120. The number of rotatable bonds is 6. The van der Waals surface area contributed by atoms with Gasteiger partial charge in [-0.3, -0.25) is 4.79 Å². The van der Waals surface area contributed by atoms with Crippen LogP contribution in [-0.2, 0) is 11.2 Å². The van der Waals surface area contributed by atoms with Crippen LogP contribution < -0.4 is 11.1 Å². The Morgan fingerprint density at radius 2 is 1.76 bits per heavy atom. The molecule has 3 N–H and O–H groups in total. The minimum Gasteiger partial charge on any atom is -0.356 e. The van der Waals surface area contributed by atoms with E-state index in [0.717, 1.165) is 11.1 Å². The Morgan fingerprint density at radius 1 is 1.10 bits per heavy atom. The first kappa shape index (κ1) is 15.2. The summed E-state index contributed by atoms with van der Waals surface area (Å²) < 4.78 is 12.8. The van der Waals surface area contributed by atoms with Crippen molar-refractivity contribution in [3.63, 3.8) is 0 Å². The zero-order valence-electron chi connectivity index (χ0n) is 11.8. The predicted molar refractivity (Wildman–Crippen MR) is 81.1 cm³/mol. The van der Waals surface area contributed by atoms with Crippen LogP contribution in [0.4, 0.5) is 4.39 Å². The number of amides is 1. The highest BCUT2D eigenvalue weighted by Gasteiger charge is 2.07. The van der Waals surface area contributed by atoms with E-state index in [4.69, 9.17) is 5.73 Å². The topological polar surface area (TPSA) is 55.1 Å². The van der Waals surface area contributed by atoms with Crippen LogP contribution in [0.3, 0.4) is 0 Å². The second kappa shape index (κ2) is 7.55. The Kier molecular flexibility index (Phi) is 5.46. The first-order chi connectivity index (χ1) is 10.1. The lowest BCUT2D eigenvalue weighted by Crippen LogP contribution is -2.28. The SMILES string of the molecule is NC(CCNC(=O)Cc1ccc(F)cc1)c1ccccc1. The van der Waals surface area contributed by atoms with Gasteiger partial charge in [-0.25, -0.2) is 4.39 Å². The fraction of sp³-hybridized carbons (Fsp3) is 0.235. The highest BCUT2D eigenvalue weighted by atomic mass is 19.1. The molecule has 0 radical (unpaired) electrons. The van der Waals surface area contributed by atoms with Crippen molar-refractivity contribution in [2.75, 3.05) is 6.54 Å². The van der Waals surface area contributed by atoms with Crippen LogP contribution in [0.25, 0.3) is 0 Å².